The molecule has 1 amide bonds. The number of ether oxygens (including phenoxy) is 1. The molecule has 0 aliphatic rings. The van der Waals surface area contributed by atoms with Crippen LogP contribution in [0.2, 0.25) is 0 Å². The molecule has 0 atom stereocenters. The Kier molecular flexibility index (Phi) is 7.90. The van der Waals surface area contributed by atoms with Gasteiger partial charge in [-0.05, 0) is 61.4 Å². The maximum Gasteiger partial charge on any atom is 0.273 e. The Morgan fingerprint density at radius 3 is 2.40 bits per heavy atom. The second-order valence-corrected chi connectivity index (χ2v) is 8.59. The van der Waals surface area contributed by atoms with Gasteiger partial charge in [0.15, 0.2) is 5.69 Å². The van der Waals surface area contributed by atoms with Crippen LogP contribution in [0.25, 0.3) is 0 Å². The second-order valence-electron chi connectivity index (χ2n) is 8.59. The Labute approximate surface area is 204 Å². The van der Waals surface area contributed by atoms with Gasteiger partial charge in [-0.1, -0.05) is 42.5 Å². The molecule has 0 aliphatic heterocycles. The highest BCUT2D eigenvalue weighted by molar-refractivity contribution is 5.92. The first-order valence-corrected chi connectivity index (χ1v) is 11.5. The molecule has 0 spiro atoms. The molecule has 0 unspecified atom stereocenters. The highest BCUT2D eigenvalue weighted by Crippen LogP contribution is 2.23. The summed E-state index contributed by atoms with van der Waals surface area (Å²) in [6.07, 6.45) is 1.37. The summed E-state index contributed by atoms with van der Waals surface area (Å²) in [7, 11) is 0. The first-order valence-electron chi connectivity index (χ1n) is 11.5. The van der Waals surface area contributed by atoms with Gasteiger partial charge in [-0.15, -0.1) is 0 Å². The standard InChI is InChI=1S/C28H28FN3O3/c1-20(2)30-28(33)26-19-34-27(31-26)18-32(16-21-11-13-23(29)14-12-21)17-22-7-6-10-25(15-22)35-24-8-4-3-5-9-24/h3-15,19-20H,16-18H2,1-2H3,(H,30,33). The van der Waals surface area contributed by atoms with E-state index in [2.05, 4.69) is 15.2 Å². The molecule has 6 nitrogen and oxygen atoms in total. The molecule has 0 bridgehead atoms. The van der Waals surface area contributed by atoms with Gasteiger partial charge in [0.25, 0.3) is 5.91 Å². The van der Waals surface area contributed by atoms with Gasteiger partial charge in [0.2, 0.25) is 5.89 Å². The number of rotatable bonds is 10. The molecule has 1 aromatic heterocycles. The quantitative estimate of drug-likeness (QED) is 0.308. The fourth-order valence-electron chi connectivity index (χ4n) is 3.62. The van der Waals surface area contributed by atoms with Gasteiger partial charge in [-0.25, -0.2) is 9.37 Å². The van der Waals surface area contributed by atoms with Crippen LogP contribution in [0.3, 0.4) is 0 Å². The van der Waals surface area contributed by atoms with Crippen molar-refractivity contribution in [3.05, 3.63) is 114 Å². The monoisotopic (exact) mass is 473 g/mol. The van der Waals surface area contributed by atoms with Crippen LogP contribution in [0.5, 0.6) is 11.5 Å². The van der Waals surface area contributed by atoms with Crippen LogP contribution >= 0.6 is 0 Å². The summed E-state index contributed by atoms with van der Waals surface area (Å²) >= 11 is 0. The van der Waals surface area contributed by atoms with Crippen molar-refractivity contribution < 1.29 is 18.3 Å². The van der Waals surface area contributed by atoms with Crippen LogP contribution in [-0.2, 0) is 19.6 Å². The minimum Gasteiger partial charge on any atom is -0.457 e. The fraction of sp³-hybridized carbons (Fsp3) is 0.214. The predicted molar refractivity (Wildman–Crippen MR) is 131 cm³/mol. The first kappa shape index (κ1) is 24.2. The van der Waals surface area contributed by atoms with E-state index in [0.717, 1.165) is 22.6 Å². The molecule has 0 aliphatic carbocycles. The largest absolute Gasteiger partial charge is 0.457 e. The van der Waals surface area contributed by atoms with Crippen molar-refractivity contribution in [2.45, 2.75) is 39.5 Å². The highest BCUT2D eigenvalue weighted by Gasteiger charge is 2.16. The number of para-hydroxylation sites is 1. The Morgan fingerprint density at radius 2 is 1.66 bits per heavy atom. The lowest BCUT2D eigenvalue weighted by atomic mass is 10.1. The van der Waals surface area contributed by atoms with E-state index in [0.29, 0.717) is 25.5 Å². The molecule has 4 rings (SSSR count). The molecule has 0 fully saturated rings. The molecule has 0 radical (unpaired) electrons. The Bertz CT molecular complexity index is 1240. The van der Waals surface area contributed by atoms with Crippen molar-refractivity contribution in [2.75, 3.05) is 0 Å². The molecule has 4 aromatic rings. The number of nitrogens with zero attached hydrogens (tertiary/aromatic N) is 2. The number of aromatic nitrogens is 1. The summed E-state index contributed by atoms with van der Waals surface area (Å²) in [5.74, 6) is 1.38. The molecule has 3 aromatic carbocycles. The number of oxazole rings is 1. The van der Waals surface area contributed by atoms with Gasteiger partial charge in [-0.3, -0.25) is 9.69 Å². The SMILES string of the molecule is CC(C)NC(=O)c1coc(CN(Cc2ccc(F)cc2)Cc2cccc(Oc3ccccc3)c2)n1. The molecule has 0 saturated heterocycles. The van der Waals surface area contributed by atoms with Crippen molar-refractivity contribution in [1.82, 2.24) is 15.2 Å². The summed E-state index contributed by atoms with van der Waals surface area (Å²) in [6.45, 7) is 5.26. The van der Waals surface area contributed by atoms with Crippen LogP contribution in [0, 0.1) is 5.82 Å². The third-order valence-corrected chi connectivity index (χ3v) is 5.17. The third-order valence-electron chi connectivity index (χ3n) is 5.17. The van der Waals surface area contributed by atoms with Crippen molar-refractivity contribution in [2.24, 2.45) is 0 Å². The van der Waals surface area contributed by atoms with E-state index in [9.17, 15) is 9.18 Å². The average Bonchev–Trinajstić information content (AvgIpc) is 3.30. The number of hydrogen-bond acceptors (Lipinski definition) is 5. The van der Waals surface area contributed by atoms with Gasteiger partial charge >= 0.3 is 0 Å². The van der Waals surface area contributed by atoms with E-state index < -0.39 is 0 Å². The minimum atomic E-state index is -0.278. The summed E-state index contributed by atoms with van der Waals surface area (Å²) in [4.78, 5) is 18.7. The summed E-state index contributed by atoms with van der Waals surface area (Å²) in [5, 5.41) is 2.81. The van der Waals surface area contributed by atoms with Crippen molar-refractivity contribution in [1.29, 1.82) is 0 Å². The maximum absolute atomic E-state index is 13.4. The lowest BCUT2D eigenvalue weighted by molar-refractivity contribution is 0.0938. The summed E-state index contributed by atoms with van der Waals surface area (Å²) < 4.78 is 25.0. The first-order chi connectivity index (χ1) is 16.9. The third kappa shape index (κ3) is 7.25. The van der Waals surface area contributed by atoms with Crippen molar-refractivity contribution in [3.8, 4) is 11.5 Å². The molecule has 1 N–H and O–H groups in total. The molecular weight excluding hydrogens is 445 g/mol. The van der Waals surface area contributed by atoms with E-state index in [4.69, 9.17) is 9.15 Å². The van der Waals surface area contributed by atoms with E-state index >= 15 is 0 Å². The van der Waals surface area contributed by atoms with E-state index in [1.807, 2.05) is 68.4 Å². The van der Waals surface area contributed by atoms with Crippen molar-refractivity contribution in [3.63, 3.8) is 0 Å². The van der Waals surface area contributed by atoms with Crippen LogP contribution in [0.4, 0.5) is 4.39 Å². The number of nitrogens with one attached hydrogen (secondary N) is 1. The van der Waals surface area contributed by atoms with Gasteiger partial charge in [0.1, 0.15) is 23.6 Å². The van der Waals surface area contributed by atoms with E-state index in [-0.39, 0.29) is 23.5 Å². The zero-order valence-corrected chi connectivity index (χ0v) is 19.8. The zero-order chi connectivity index (χ0) is 24.6. The van der Waals surface area contributed by atoms with Crippen LogP contribution in [-0.4, -0.2) is 21.8 Å². The molecule has 7 heteroatoms. The summed E-state index contributed by atoms with van der Waals surface area (Å²) in [5.41, 5.74) is 2.23. The maximum atomic E-state index is 13.4. The van der Waals surface area contributed by atoms with Crippen LogP contribution in [0.15, 0.2) is 89.5 Å². The molecular formula is C28H28FN3O3. The zero-order valence-electron chi connectivity index (χ0n) is 19.8. The molecule has 0 saturated carbocycles. The number of carbonyl (C=O) groups is 1. The summed E-state index contributed by atoms with van der Waals surface area (Å²) in [6, 6.07) is 23.9. The van der Waals surface area contributed by atoms with Gasteiger partial charge in [-0.2, -0.15) is 0 Å². The Balaban J connectivity index is 1.51. The van der Waals surface area contributed by atoms with Crippen LogP contribution in [0.1, 0.15) is 41.4 Å². The minimum absolute atomic E-state index is 0.00278. The number of halogens is 1. The Hall–Kier alpha value is -3.97. The number of benzene rings is 3. The van der Waals surface area contributed by atoms with E-state index in [1.165, 1.54) is 18.4 Å². The Morgan fingerprint density at radius 1 is 0.943 bits per heavy atom. The highest BCUT2D eigenvalue weighted by atomic mass is 19.1. The van der Waals surface area contributed by atoms with Crippen LogP contribution < -0.4 is 10.1 Å². The normalized spacial score (nSPS) is 11.1. The van der Waals surface area contributed by atoms with Gasteiger partial charge in [0.05, 0.1) is 6.54 Å². The molecule has 180 valence electrons. The smallest absolute Gasteiger partial charge is 0.273 e. The van der Waals surface area contributed by atoms with Gasteiger partial charge in [0, 0.05) is 19.1 Å². The fourth-order valence-corrected chi connectivity index (χ4v) is 3.62. The number of hydrogen-bond donors (Lipinski definition) is 1. The number of carbonyl (C=O) groups excluding carboxylic acids is 1. The van der Waals surface area contributed by atoms with Gasteiger partial charge < -0.3 is 14.5 Å². The predicted octanol–water partition coefficient (Wildman–Crippen LogP) is 5.95. The van der Waals surface area contributed by atoms with Crippen molar-refractivity contribution >= 4 is 5.91 Å². The van der Waals surface area contributed by atoms with E-state index in [1.54, 1.807) is 12.1 Å². The molecule has 1 heterocycles. The second kappa shape index (κ2) is 11.4. The number of amides is 1. The lowest BCUT2D eigenvalue weighted by Crippen LogP contribution is -2.30. The topological polar surface area (TPSA) is 67.6 Å². The molecule has 35 heavy (non-hydrogen) atoms. The lowest BCUT2D eigenvalue weighted by Gasteiger charge is -2.21. The average molecular weight is 474 g/mol.